The van der Waals surface area contributed by atoms with Gasteiger partial charge in [-0.3, -0.25) is 14.4 Å². The van der Waals surface area contributed by atoms with Gasteiger partial charge in [-0.05, 0) is 154 Å². The molecule has 6 N–H and O–H groups in total. The Morgan fingerprint density at radius 3 is 1.27 bits per heavy atom. The van der Waals surface area contributed by atoms with Crippen LogP contribution in [0.25, 0.3) is 45.0 Å². The van der Waals surface area contributed by atoms with E-state index in [9.17, 15) is 53.5 Å². The Hall–Kier alpha value is -7.96. The van der Waals surface area contributed by atoms with Gasteiger partial charge in [-0.15, -0.1) is 0 Å². The molecular weight excluding hydrogens is 1200 g/mol. The van der Waals surface area contributed by atoms with Gasteiger partial charge in [0.2, 0.25) is 0 Å². The average molecular weight is 1280 g/mol. The number of carboxylic acid groups (broad SMARTS) is 1. The van der Waals surface area contributed by atoms with Gasteiger partial charge < -0.3 is 64.3 Å². The van der Waals surface area contributed by atoms with Crippen molar-refractivity contribution in [3.63, 3.8) is 0 Å². The predicted molar refractivity (Wildman–Crippen MR) is 340 cm³/mol. The number of methoxy groups -OCH3 is 2. The van der Waals surface area contributed by atoms with E-state index in [0.717, 1.165) is 0 Å². The van der Waals surface area contributed by atoms with Gasteiger partial charge >= 0.3 is 55.7 Å². The van der Waals surface area contributed by atoms with Crippen LogP contribution in [0.2, 0.25) is 0 Å². The summed E-state index contributed by atoms with van der Waals surface area (Å²) in [4.78, 5) is 68.9. The Morgan fingerprint density at radius 2 is 0.934 bits per heavy atom. The molecule has 8 rings (SSSR count). The first-order valence-corrected chi connectivity index (χ1v) is 29.5. The van der Waals surface area contributed by atoms with Crippen molar-refractivity contribution in [3.05, 3.63) is 168 Å². The minimum absolute atomic E-state index is 0. The van der Waals surface area contributed by atoms with Crippen molar-refractivity contribution in [2.75, 3.05) is 24.9 Å². The van der Waals surface area contributed by atoms with E-state index < -0.39 is 65.9 Å². The van der Waals surface area contributed by atoms with Crippen LogP contribution in [0.5, 0.6) is 12.0 Å². The molecule has 4 aromatic heterocycles. The number of amides is 2. The van der Waals surface area contributed by atoms with Gasteiger partial charge in [-0.2, -0.15) is 9.97 Å². The van der Waals surface area contributed by atoms with Crippen LogP contribution in [-0.2, 0) is 27.4 Å². The number of aromatic nitrogens is 6. The molecule has 0 aliphatic rings. The number of hydrogen-bond acceptors (Lipinski definition) is 16. The van der Waals surface area contributed by atoms with Crippen molar-refractivity contribution in [1.29, 1.82) is 0 Å². The summed E-state index contributed by atoms with van der Waals surface area (Å²) in [5, 5.41) is 59.2. The second kappa shape index (κ2) is 33.4. The van der Waals surface area contributed by atoms with Gasteiger partial charge in [0, 0.05) is 71.8 Å². The average Bonchev–Trinajstić information content (AvgIpc) is 1.62. The minimum Gasteiger partial charge on any atom is -0.550 e. The van der Waals surface area contributed by atoms with E-state index in [1.54, 1.807) is 93.6 Å². The van der Waals surface area contributed by atoms with Crippen molar-refractivity contribution in [2.24, 2.45) is 0 Å². The fourth-order valence-electron chi connectivity index (χ4n) is 10.7. The first-order chi connectivity index (χ1) is 42.8. The van der Waals surface area contributed by atoms with Crippen molar-refractivity contribution in [2.45, 2.75) is 142 Å². The van der Waals surface area contributed by atoms with E-state index in [2.05, 4.69) is 30.6 Å². The van der Waals surface area contributed by atoms with Gasteiger partial charge in [-0.1, -0.05) is 64.1 Å². The van der Waals surface area contributed by atoms with Gasteiger partial charge in [0.25, 0.3) is 11.8 Å². The number of carbonyl (C=O) groups excluding carboxylic acids is 4. The Morgan fingerprint density at radius 1 is 0.560 bits per heavy atom. The Kier molecular flexibility index (Phi) is 26.5. The van der Waals surface area contributed by atoms with Gasteiger partial charge in [0.15, 0.2) is 0 Å². The summed E-state index contributed by atoms with van der Waals surface area (Å²) in [6.07, 6.45) is -2.14. The molecule has 23 heteroatoms. The van der Waals surface area contributed by atoms with E-state index >= 15 is 0 Å². The molecule has 0 fully saturated rings. The zero-order chi connectivity index (χ0) is 65.4. The SMILES string of the molecule is COc1nccc(-c2c(C(=O)Nc3ccccc3)c(C(C)C)n(CC[C@@H](O)C[C@@H](O)CC(=O)OC(C)(C)C)c2-c2ccc(F)cc2)n1.COc1nccc(-c2c(C(=O)Nc3ccccc3)c(C(C)C)n(CC[C@@H](O)C[C@@H](O)CC(=O)[O-])c2-c2ccc(F)cc2)n1.[Ca+2]. The third-order valence-corrected chi connectivity index (χ3v) is 14.3. The molecule has 0 radical (unpaired) electrons. The number of aliphatic carboxylic acids is 1. The fourth-order valence-corrected chi connectivity index (χ4v) is 10.7. The summed E-state index contributed by atoms with van der Waals surface area (Å²) in [5.41, 5.74) is 6.67. The van der Waals surface area contributed by atoms with Crippen molar-refractivity contribution < 1.29 is 67.7 Å². The molecule has 8 aromatic rings. The number of ether oxygens (including phenoxy) is 3. The standard InChI is InChI=1S/C36H43FN4O6.C32H35FN4O6.Ca/c1-22(2)32-31(34(45)39-25-10-8-7-9-11-25)30(28-16-18-38-35(40-28)46-6)33(23-12-14-24(37)15-13-23)41(32)19-17-26(42)20-27(43)21-29(44)47-36(3,4)5;1-19(2)29-28(31(42)35-22-7-5-4-6-8-22)27(25-13-15-34-32(36-25)43-3)30(20-9-11-21(33)12-10-20)37(29)16-14-23(38)17-24(39)18-26(40)41;/h7-16,18,22,26-27,42-43H,17,19-21H2,1-6H3,(H,39,45);4-13,15,19,23-24,38-39H,14,16-18H2,1-3H3,(H,35,42)(H,40,41);/q;;+2/p-1/t26-,27-;23-,24-;/m11./s1. The van der Waals surface area contributed by atoms with E-state index in [-0.39, 0.29) is 113 Å². The van der Waals surface area contributed by atoms with Crippen molar-refractivity contribution >= 4 is 72.9 Å². The van der Waals surface area contributed by atoms with Crippen LogP contribution in [0, 0.1) is 11.6 Å². The minimum atomic E-state index is -1.41. The first-order valence-electron chi connectivity index (χ1n) is 29.5. The number of benzene rings is 4. The number of carboxylic acids is 1. The number of nitrogens with one attached hydrogen (secondary N) is 2. The molecule has 4 aromatic carbocycles. The van der Waals surface area contributed by atoms with Gasteiger partial charge in [-0.25, -0.2) is 18.7 Å². The third kappa shape index (κ3) is 19.8. The number of aliphatic hydroxyl groups excluding tert-OH is 4. The maximum absolute atomic E-state index is 14.2. The molecule has 0 unspecified atom stereocenters. The quantitative estimate of drug-likeness (QED) is 0.0217. The molecule has 4 heterocycles. The summed E-state index contributed by atoms with van der Waals surface area (Å²) < 4.78 is 48.0. The zero-order valence-corrected chi connectivity index (χ0v) is 54.7. The number of esters is 1. The molecular formula is C68H77CaF2N8O12+. The number of carbonyl (C=O) groups is 4. The normalized spacial score (nSPS) is 12.6. The number of aliphatic hydroxyl groups is 4. The third-order valence-electron chi connectivity index (χ3n) is 14.3. The number of rotatable bonds is 26. The Bertz CT molecular complexity index is 3710. The molecule has 0 saturated carbocycles. The summed E-state index contributed by atoms with van der Waals surface area (Å²) in [6.45, 7) is 13.4. The van der Waals surface area contributed by atoms with Crippen LogP contribution in [0.15, 0.2) is 134 Å². The predicted octanol–water partition coefficient (Wildman–Crippen LogP) is 9.77. The number of hydrogen-bond donors (Lipinski definition) is 6. The maximum atomic E-state index is 14.2. The fraction of sp³-hybridized carbons (Fsp3) is 0.353. The Balaban J connectivity index is 0.000000287. The monoisotopic (exact) mass is 1280 g/mol. The van der Waals surface area contributed by atoms with E-state index in [1.165, 1.54) is 50.9 Å². The largest absolute Gasteiger partial charge is 2.00 e. The smallest absolute Gasteiger partial charge is 0.550 e. The van der Waals surface area contributed by atoms with E-state index in [1.807, 2.05) is 61.1 Å². The molecule has 91 heavy (non-hydrogen) atoms. The number of anilines is 2. The molecule has 0 aliphatic heterocycles. The van der Waals surface area contributed by atoms with Crippen LogP contribution in [0.4, 0.5) is 20.2 Å². The molecule has 2 amide bonds. The Labute approximate surface area is 557 Å². The summed E-state index contributed by atoms with van der Waals surface area (Å²) in [6, 6.07) is 33.4. The van der Waals surface area contributed by atoms with Crippen molar-refractivity contribution in [1.82, 2.24) is 29.1 Å². The molecule has 0 spiro atoms. The molecule has 20 nitrogen and oxygen atoms in total. The number of nitrogens with zero attached hydrogens (tertiary/aromatic N) is 6. The number of halogens is 2. The van der Waals surface area contributed by atoms with Gasteiger partial charge in [0.05, 0.1) is 79.0 Å². The summed E-state index contributed by atoms with van der Waals surface area (Å²) in [5.74, 6) is -3.97. The van der Waals surface area contributed by atoms with Crippen molar-refractivity contribution in [3.8, 4) is 57.1 Å². The number of para-hydroxylation sites is 2. The van der Waals surface area contributed by atoms with Crippen LogP contribution < -0.4 is 25.2 Å². The zero-order valence-electron chi connectivity index (χ0n) is 52.5. The molecule has 4 atom stereocenters. The van der Waals surface area contributed by atoms with Crippen LogP contribution in [0.1, 0.15) is 131 Å². The summed E-state index contributed by atoms with van der Waals surface area (Å²) >= 11 is 0. The second-order valence-corrected chi connectivity index (χ2v) is 23.1. The second-order valence-electron chi connectivity index (χ2n) is 23.1. The maximum Gasteiger partial charge on any atom is 2.00 e. The van der Waals surface area contributed by atoms with Crippen LogP contribution >= 0.6 is 0 Å². The van der Waals surface area contributed by atoms with Crippen LogP contribution in [-0.4, -0.2) is 155 Å². The van der Waals surface area contributed by atoms with E-state index in [4.69, 9.17) is 14.2 Å². The molecule has 0 bridgehead atoms. The summed E-state index contributed by atoms with van der Waals surface area (Å²) in [7, 11) is 2.89. The molecule has 476 valence electrons. The van der Waals surface area contributed by atoms with E-state index in [0.29, 0.717) is 78.9 Å². The first kappa shape index (κ1) is 72.1. The topological polar surface area (TPSA) is 285 Å². The molecule has 0 saturated heterocycles. The molecule has 0 aliphatic carbocycles. The van der Waals surface area contributed by atoms with Crippen LogP contribution in [0.3, 0.4) is 0 Å². The van der Waals surface area contributed by atoms with Gasteiger partial charge in [0.1, 0.15) is 17.2 Å².